The molecule has 0 atom stereocenters. The molecule has 0 spiro atoms. The molecule has 6 rings (SSSR count). The number of ether oxygens (including phenoxy) is 1. The highest BCUT2D eigenvalue weighted by molar-refractivity contribution is 7.95. The topological polar surface area (TPSA) is 304 Å². The molecule has 0 fully saturated rings. The molecule has 0 heterocycles. The van der Waals surface area contributed by atoms with Crippen molar-refractivity contribution in [3.8, 4) is 17.2 Å². The first kappa shape index (κ1) is 39.3. The van der Waals surface area contributed by atoms with Gasteiger partial charge in [-0.05, 0) is 54.6 Å². The Labute approximate surface area is 321 Å². The molecule has 22 heteroatoms. The fourth-order valence-corrected chi connectivity index (χ4v) is 6.65. The molecule has 0 bridgehead atoms. The first-order valence-electron chi connectivity index (χ1n) is 15.9. The zero-order valence-corrected chi connectivity index (χ0v) is 30.5. The van der Waals surface area contributed by atoms with Crippen molar-refractivity contribution in [3.05, 3.63) is 124 Å². The molecule has 5 aromatic rings. The second-order valence-electron chi connectivity index (χ2n) is 11.6. The molecule has 57 heavy (non-hydrogen) atoms. The fraction of sp³-hybridized carbons (Fsp3) is 0.0286. The number of ketones is 1. The van der Waals surface area contributed by atoms with Crippen molar-refractivity contribution in [1.29, 1.82) is 0 Å². The van der Waals surface area contributed by atoms with Crippen LogP contribution in [0.4, 0.5) is 45.5 Å². The molecule has 0 saturated carbocycles. The minimum atomic E-state index is -5.05. The van der Waals surface area contributed by atoms with Crippen molar-refractivity contribution < 1.29 is 50.6 Å². The molecular weight excluding hydrogens is 789 g/mol. The number of anilines is 3. The molecule has 290 valence electrons. The Bertz CT molecular complexity index is 2810. The fourth-order valence-electron chi connectivity index (χ4n) is 5.28. The number of nitro benzene ring substituents is 1. The number of hydrogen-bond donors (Lipinski definition) is 6. The van der Waals surface area contributed by atoms with Gasteiger partial charge in [-0.3, -0.25) is 29.4 Å². The lowest BCUT2D eigenvalue weighted by Crippen LogP contribution is -2.23. The lowest BCUT2D eigenvalue weighted by atomic mass is 9.94. The van der Waals surface area contributed by atoms with Crippen molar-refractivity contribution in [2.45, 2.75) is 4.90 Å². The third-order valence-electron chi connectivity index (χ3n) is 7.94. The molecule has 0 aliphatic heterocycles. The quantitative estimate of drug-likeness (QED) is 0.0178. The minimum absolute atomic E-state index is 0.00955. The summed E-state index contributed by atoms with van der Waals surface area (Å²) in [5, 5.41) is 56.8. The number of nitrogens with zero attached hydrogens (tertiary/aromatic N) is 6. The number of carbonyl (C=O) groups excluding carboxylic acids is 1. The van der Waals surface area contributed by atoms with E-state index in [-0.39, 0.29) is 28.3 Å². The van der Waals surface area contributed by atoms with E-state index in [1.165, 1.54) is 19.2 Å². The summed E-state index contributed by atoms with van der Waals surface area (Å²) in [6, 6.07) is 22.3. The third kappa shape index (κ3) is 8.63. The van der Waals surface area contributed by atoms with Gasteiger partial charge in [0.05, 0.1) is 23.4 Å². The lowest BCUT2D eigenvalue weighted by Gasteiger charge is -2.17. The summed E-state index contributed by atoms with van der Waals surface area (Å²) in [4.78, 5) is 22.2. The van der Waals surface area contributed by atoms with E-state index in [0.29, 0.717) is 17.5 Å². The van der Waals surface area contributed by atoms with E-state index >= 15 is 0 Å². The number of methoxy groups -OCH3 is 1. The maximum atomic E-state index is 13.1. The van der Waals surface area contributed by atoms with Crippen molar-refractivity contribution >= 4 is 82.1 Å². The van der Waals surface area contributed by atoms with Gasteiger partial charge in [0.1, 0.15) is 38.3 Å². The zero-order valence-electron chi connectivity index (χ0n) is 28.9. The number of hydrazone groups is 1. The number of fused-ring (bicyclic) bond motifs is 1. The van der Waals surface area contributed by atoms with Crippen molar-refractivity contribution in [3.63, 3.8) is 0 Å². The summed E-state index contributed by atoms with van der Waals surface area (Å²) < 4.78 is 73.9. The highest BCUT2D eigenvalue weighted by Crippen LogP contribution is 2.49. The second kappa shape index (κ2) is 15.8. The van der Waals surface area contributed by atoms with E-state index in [9.17, 15) is 51.1 Å². The molecule has 1 aliphatic rings. The van der Waals surface area contributed by atoms with E-state index in [0.717, 1.165) is 30.3 Å². The summed E-state index contributed by atoms with van der Waals surface area (Å²) in [6.07, 6.45) is 0.507. The monoisotopic (exact) mass is 814 g/mol. The zero-order chi connectivity index (χ0) is 41.1. The average molecular weight is 815 g/mol. The highest BCUT2D eigenvalue weighted by Gasteiger charge is 2.32. The molecule has 5 aromatic carbocycles. The maximum absolute atomic E-state index is 13.1. The second-order valence-corrected chi connectivity index (χ2v) is 14.4. The van der Waals surface area contributed by atoms with Crippen LogP contribution in [0.2, 0.25) is 0 Å². The molecule has 0 unspecified atom stereocenters. The van der Waals surface area contributed by atoms with Crippen LogP contribution in [-0.2, 0) is 25.0 Å². The van der Waals surface area contributed by atoms with Crippen LogP contribution in [0.5, 0.6) is 17.2 Å². The smallest absolute Gasteiger partial charge is 0.296 e. The van der Waals surface area contributed by atoms with Crippen LogP contribution in [0.25, 0.3) is 4.91 Å². The number of aromatic hydroxyl groups is 2. The Balaban J connectivity index is 1.45. The van der Waals surface area contributed by atoms with Crippen LogP contribution in [0.15, 0.2) is 134 Å². The Morgan fingerprint density at radius 3 is 2.12 bits per heavy atom. The van der Waals surface area contributed by atoms with Crippen LogP contribution >= 0.6 is 0 Å². The largest absolute Gasteiger partial charge is 0.504 e. The SMILES string of the molecule is COc1ccccc1N=Nc1cc(N/N=C2/C(=O)C=C(S(=O)(=O)O)c3cc([N+](=O)[O-])ccc32)c(O)c(N=Nc2ccc(Nc3ccccc3)c(S(=O)(=O)O)c2)c1O. The number of phenols is 2. The number of para-hydroxylation sites is 2. The van der Waals surface area contributed by atoms with E-state index in [2.05, 4.69) is 36.3 Å². The summed E-state index contributed by atoms with van der Waals surface area (Å²) in [5.41, 5.74) is -0.226. The van der Waals surface area contributed by atoms with Gasteiger partial charge in [-0.2, -0.15) is 27.1 Å². The van der Waals surface area contributed by atoms with Crippen LogP contribution in [0.3, 0.4) is 0 Å². The van der Waals surface area contributed by atoms with Crippen LogP contribution < -0.4 is 15.5 Å². The van der Waals surface area contributed by atoms with Crippen LogP contribution in [0, 0.1) is 10.1 Å². The van der Waals surface area contributed by atoms with Gasteiger partial charge in [0, 0.05) is 35.0 Å². The number of hydrogen-bond acceptors (Lipinski definition) is 17. The number of allylic oxidation sites excluding steroid dienone is 1. The number of non-ortho nitro benzene ring substituents is 1. The molecule has 6 N–H and O–H groups in total. The molecular formula is C35H26N8O12S2. The van der Waals surface area contributed by atoms with E-state index in [4.69, 9.17) is 4.74 Å². The maximum Gasteiger partial charge on any atom is 0.296 e. The number of rotatable bonds is 12. The standard InChI is InChI=1S/C35H26N8O12S2/c1-55-29-10-6-5-9-24(29)38-39-26-17-27(40-41-32-22-13-12-21(43(47)48)16-23(22)30(18-28(32)44)56(49,50)51)35(46)33(34(26)45)42-37-20-11-14-25(31(15-20)57(52,53)54)36-19-7-3-2-4-8-19/h2-18,36,40,45-46H,1H3,(H,49,50,51)(H,52,53,54)/b39-38?,41-32+,42-37?. The summed E-state index contributed by atoms with van der Waals surface area (Å²) in [6.45, 7) is 0. The normalized spacial score (nSPS) is 13.8. The number of phenolic OH excluding ortho intramolecular Hbond substituents is 2. The molecule has 20 nitrogen and oxygen atoms in total. The Kier molecular flexibility index (Phi) is 10.9. The summed E-state index contributed by atoms with van der Waals surface area (Å²) >= 11 is 0. The molecule has 1 aliphatic carbocycles. The molecule has 0 amide bonds. The predicted octanol–water partition coefficient (Wildman–Crippen LogP) is 7.46. The summed E-state index contributed by atoms with van der Waals surface area (Å²) in [5.74, 6) is -2.41. The van der Waals surface area contributed by atoms with Gasteiger partial charge in [-0.25, -0.2) is 0 Å². The number of carbonyl (C=O) groups is 1. The predicted molar refractivity (Wildman–Crippen MR) is 205 cm³/mol. The average Bonchev–Trinajstić information content (AvgIpc) is 3.17. The minimum Gasteiger partial charge on any atom is -0.504 e. The van der Waals surface area contributed by atoms with Gasteiger partial charge in [0.2, 0.25) is 5.78 Å². The van der Waals surface area contributed by atoms with Crippen LogP contribution in [-0.4, -0.2) is 59.7 Å². The van der Waals surface area contributed by atoms with E-state index in [1.807, 2.05) is 0 Å². The number of azo groups is 2. The Morgan fingerprint density at radius 1 is 0.737 bits per heavy atom. The van der Waals surface area contributed by atoms with Crippen molar-refractivity contribution in [2.75, 3.05) is 17.9 Å². The Morgan fingerprint density at radius 2 is 1.44 bits per heavy atom. The molecule has 0 aromatic heterocycles. The highest BCUT2D eigenvalue weighted by atomic mass is 32.2. The number of nitrogens with one attached hydrogen (secondary N) is 2. The van der Waals surface area contributed by atoms with Gasteiger partial charge < -0.3 is 20.3 Å². The Hall–Kier alpha value is -7.40. The van der Waals surface area contributed by atoms with Crippen LogP contribution in [0.1, 0.15) is 11.1 Å². The van der Waals surface area contributed by atoms with E-state index < -0.39 is 80.6 Å². The van der Waals surface area contributed by atoms with Gasteiger partial charge in [-0.15, -0.1) is 15.3 Å². The summed E-state index contributed by atoms with van der Waals surface area (Å²) in [7, 11) is -8.49. The number of nitro groups is 1. The molecule has 0 radical (unpaired) electrons. The van der Waals surface area contributed by atoms with Gasteiger partial charge in [0.15, 0.2) is 17.2 Å². The van der Waals surface area contributed by atoms with Crippen molar-refractivity contribution in [2.24, 2.45) is 25.6 Å². The first-order valence-corrected chi connectivity index (χ1v) is 18.8. The number of benzene rings is 5. The van der Waals surface area contributed by atoms with Crippen molar-refractivity contribution in [1.82, 2.24) is 0 Å². The third-order valence-corrected chi connectivity index (χ3v) is 9.72. The van der Waals surface area contributed by atoms with E-state index in [1.54, 1.807) is 54.6 Å². The molecule has 0 saturated heterocycles. The van der Waals surface area contributed by atoms with Gasteiger partial charge >= 0.3 is 0 Å². The van der Waals surface area contributed by atoms with Gasteiger partial charge in [0.25, 0.3) is 25.9 Å². The first-order chi connectivity index (χ1) is 27.0. The van der Waals surface area contributed by atoms with Gasteiger partial charge in [-0.1, -0.05) is 30.3 Å². The lowest BCUT2D eigenvalue weighted by molar-refractivity contribution is -0.384.